The van der Waals surface area contributed by atoms with Crippen molar-refractivity contribution in [2.45, 2.75) is 88.4 Å². The molecule has 2 saturated heterocycles. The lowest BCUT2D eigenvalue weighted by Gasteiger charge is -2.36. The quantitative estimate of drug-likeness (QED) is 0.338. The summed E-state index contributed by atoms with van der Waals surface area (Å²) in [5, 5.41) is 29.7. The van der Waals surface area contributed by atoms with Gasteiger partial charge in [-0.05, 0) is 64.0 Å². The maximum atomic E-state index is 13.5. The summed E-state index contributed by atoms with van der Waals surface area (Å²) in [6, 6.07) is -0.0586. The van der Waals surface area contributed by atoms with Crippen molar-refractivity contribution in [3.05, 3.63) is 0 Å². The van der Waals surface area contributed by atoms with E-state index < -0.39 is 24.0 Å². The van der Waals surface area contributed by atoms with Crippen LogP contribution in [0, 0.1) is 11.8 Å². The van der Waals surface area contributed by atoms with Crippen molar-refractivity contribution in [3.8, 4) is 0 Å². The molecule has 12 heteroatoms. The number of piperidine rings is 1. The molecule has 5 N–H and O–H groups in total. The van der Waals surface area contributed by atoms with E-state index in [0.717, 1.165) is 19.5 Å². The van der Waals surface area contributed by atoms with Gasteiger partial charge in [0.25, 0.3) is 0 Å². The normalized spacial score (nSPS) is 31.5. The van der Waals surface area contributed by atoms with Gasteiger partial charge in [0.05, 0.1) is 25.2 Å². The van der Waals surface area contributed by atoms with Gasteiger partial charge < -0.3 is 36.0 Å². The number of rotatable bonds is 4. The van der Waals surface area contributed by atoms with Crippen molar-refractivity contribution in [2.24, 2.45) is 11.8 Å². The minimum Gasteiger partial charge on any atom is -0.393 e. The summed E-state index contributed by atoms with van der Waals surface area (Å²) in [5.41, 5.74) is 0. The Morgan fingerprint density at radius 3 is 2.36 bits per heavy atom. The smallest absolute Gasteiger partial charge is 0.248 e. The average molecular weight is 560 g/mol. The molecule has 39 heavy (non-hydrogen) atoms. The van der Waals surface area contributed by atoms with E-state index in [2.05, 4.69) is 20.9 Å². The van der Waals surface area contributed by atoms with Crippen LogP contribution in [0.25, 0.3) is 0 Å². The molecule has 0 aromatic heterocycles. The Morgan fingerprint density at radius 1 is 0.923 bits per heavy atom. The minimum atomic E-state index is -2.61. The number of hydrogen-bond donors (Lipinski definition) is 5. The fourth-order valence-corrected chi connectivity index (χ4v) is 5.96. The Hall–Kier alpha value is -1.89. The molecule has 2 aliphatic heterocycles. The fraction of sp³-hybridized carbons (Fsp3) is 0.889. The first-order valence-corrected chi connectivity index (χ1v) is 14.5. The molecular formula is C27H47F2N5O5. The maximum Gasteiger partial charge on any atom is 0.248 e. The zero-order chi connectivity index (χ0) is 28.4. The van der Waals surface area contributed by atoms with Crippen LogP contribution in [0.5, 0.6) is 0 Å². The molecule has 3 aliphatic rings. The number of hydrogen-bond acceptors (Lipinski definition) is 7. The predicted molar refractivity (Wildman–Crippen MR) is 142 cm³/mol. The lowest BCUT2D eigenvalue weighted by atomic mass is 9.81. The molecular weight excluding hydrogens is 512 g/mol. The van der Waals surface area contributed by atoms with Gasteiger partial charge in [-0.2, -0.15) is 0 Å². The number of nitrogens with zero attached hydrogens (tertiary/aromatic N) is 2. The SMILES string of the molecule is CN1CC[C@H]2CC(=O)NCC[C@@H](O)C[C@@H](O)CC(=O)N(CCNC3CCC(F)(F)CC3)CC(=O)NCC[C@H]2C1. The van der Waals surface area contributed by atoms with Crippen molar-refractivity contribution >= 4 is 17.7 Å². The van der Waals surface area contributed by atoms with Gasteiger partial charge >= 0.3 is 0 Å². The Morgan fingerprint density at radius 2 is 1.62 bits per heavy atom. The highest BCUT2D eigenvalue weighted by molar-refractivity contribution is 5.85. The molecule has 0 bridgehead atoms. The number of aliphatic hydroxyl groups is 2. The van der Waals surface area contributed by atoms with Crippen LogP contribution in [-0.4, -0.2) is 115 Å². The van der Waals surface area contributed by atoms with E-state index in [-0.39, 0.29) is 74.9 Å². The van der Waals surface area contributed by atoms with E-state index >= 15 is 0 Å². The number of aliphatic hydroxyl groups excluding tert-OH is 2. The summed E-state index contributed by atoms with van der Waals surface area (Å²) in [6.45, 7) is 2.86. The third-order valence-electron chi connectivity index (χ3n) is 8.35. The second kappa shape index (κ2) is 15.2. The molecule has 1 saturated carbocycles. The molecule has 0 unspecified atom stereocenters. The van der Waals surface area contributed by atoms with Crippen LogP contribution >= 0.6 is 0 Å². The lowest BCUT2D eigenvalue weighted by molar-refractivity contribution is -0.138. The molecule has 10 nitrogen and oxygen atoms in total. The molecule has 2 heterocycles. The van der Waals surface area contributed by atoms with Gasteiger partial charge in [-0.3, -0.25) is 14.4 Å². The van der Waals surface area contributed by atoms with E-state index in [4.69, 9.17) is 0 Å². The van der Waals surface area contributed by atoms with E-state index in [0.29, 0.717) is 45.3 Å². The number of alkyl halides is 2. The third-order valence-corrected chi connectivity index (χ3v) is 8.35. The average Bonchev–Trinajstić information content (AvgIpc) is 2.85. The first-order valence-electron chi connectivity index (χ1n) is 14.5. The van der Waals surface area contributed by atoms with Crippen molar-refractivity contribution in [2.75, 3.05) is 52.9 Å². The zero-order valence-corrected chi connectivity index (χ0v) is 23.2. The van der Waals surface area contributed by atoms with Gasteiger partial charge in [0.2, 0.25) is 23.6 Å². The molecule has 224 valence electrons. The topological polar surface area (TPSA) is 134 Å². The summed E-state index contributed by atoms with van der Waals surface area (Å²) < 4.78 is 26.9. The third kappa shape index (κ3) is 11.3. The van der Waals surface area contributed by atoms with Crippen LogP contribution in [0.15, 0.2) is 0 Å². The van der Waals surface area contributed by atoms with Crippen LogP contribution in [0.2, 0.25) is 0 Å². The van der Waals surface area contributed by atoms with E-state index in [1.165, 1.54) is 4.90 Å². The van der Waals surface area contributed by atoms with Gasteiger partial charge in [-0.1, -0.05) is 0 Å². The summed E-state index contributed by atoms with van der Waals surface area (Å²) in [7, 11) is 2.05. The Kier molecular flexibility index (Phi) is 12.3. The Balaban J connectivity index is 1.60. The van der Waals surface area contributed by atoms with Crippen molar-refractivity contribution in [1.29, 1.82) is 0 Å². The zero-order valence-electron chi connectivity index (χ0n) is 23.2. The minimum absolute atomic E-state index is 0.0206. The van der Waals surface area contributed by atoms with Gasteiger partial charge in [-0.15, -0.1) is 0 Å². The van der Waals surface area contributed by atoms with Gasteiger partial charge in [-0.25, -0.2) is 8.78 Å². The van der Waals surface area contributed by atoms with Crippen molar-refractivity contribution in [1.82, 2.24) is 25.8 Å². The van der Waals surface area contributed by atoms with E-state index in [9.17, 15) is 33.4 Å². The van der Waals surface area contributed by atoms with Gasteiger partial charge in [0.15, 0.2) is 0 Å². The number of amides is 3. The number of nitrogens with one attached hydrogen (secondary N) is 3. The standard InChI is InChI=1S/C27H47F2N5O5/c1-33-12-6-19-14-24(37)31-10-5-22(35)15-23(36)16-26(39)34(18-25(38)32-9-4-20(19)17-33)13-11-30-21-2-7-27(28,29)8-3-21/h19-23,30,35-36H,2-18H2,1H3,(H,31,37)(H,32,38)/t19-,20-,22+,23+/m0/s1. The second-order valence-corrected chi connectivity index (χ2v) is 11.7. The summed E-state index contributed by atoms with van der Waals surface area (Å²) >= 11 is 0. The lowest BCUT2D eigenvalue weighted by Crippen LogP contribution is -2.47. The summed E-state index contributed by atoms with van der Waals surface area (Å²) in [6.07, 6.45) is 0.424. The first-order chi connectivity index (χ1) is 18.5. The van der Waals surface area contributed by atoms with Crippen LogP contribution in [0.1, 0.15) is 64.2 Å². The Labute approximate surface area is 230 Å². The second-order valence-electron chi connectivity index (χ2n) is 11.7. The fourth-order valence-electron chi connectivity index (χ4n) is 5.96. The van der Waals surface area contributed by atoms with E-state index in [1.54, 1.807) is 0 Å². The van der Waals surface area contributed by atoms with Crippen LogP contribution in [0.3, 0.4) is 0 Å². The number of carbonyl (C=O) groups excluding carboxylic acids is 3. The molecule has 0 spiro atoms. The molecule has 3 rings (SSSR count). The Bertz CT molecular complexity index is 809. The molecule has 3 fully saturated rings. The predicted octanol–water partition coefficient (Wildman–Crippen LogP) is 0.469. The molecule has 1 aliphatic carbocycles. The molecule has 3 amide bonds. The highest BCUT2D eigenvalue weighted by atomic mass is 19.3. The summed E-state index contributed by atoms with van der Waals surface area (Å²) in [5.74, 6) is -2.95. The van der Waals surface area contributed by atoms with Crippen molar-refractivity contribution in [3.63, 3.8) is 0 Å². The van der Waals surface area contributed by atoms with Crippen molar-refractivity contribution < 1.29 is 33.4 Å². The largest absolute Gasteiger partial charge is 0.393 e. The van der Waals surface area contributed by atoms with E-state index in [1.807, 2.05) is 7.05 Å². The van der Waals surface area contributed by atoms with Crippen LogP contribution in [-0.2, 0) is 14.4 Å². The van der Waals surface area contributed by atoms with Crippen LogP contribution < -0.4 is 16.0 Å². The molecule has 0 aromatic carbocycles. The van der Waals surface area contributed by atoms with Gasteiger partial charge in [0.1, 0.15) is 0 Å². The molecule has 0 aromatic rings. The number of carbonyl (C=O) groups is 3. The maximum absolute atomic E-state index is 13.5. The monoisotopic (exact) mass is 559 g/mol. The highest BCUT2D eigenvalue weighted by Gasteiger charge is 2.35. The summed E-state index contributed by atoms with van der Waals surface area (Å²) in [4.78, 5) is 41.9. The number of likely N-dealkylation sites (tertiary alicyclic amines) is 1. The van der Waals surface area contributed by atoms with Gasteiger partial charge in [0, 0.05) is 58.0 Å². The highest BCUT2D eigenvalue weighted by Crippen LogP contribution is 2.33. The first kappa shape index (κ1) is 31.6. The van der Waals surface area contributed by atoms with Crippen LogP contribution in [0.4, 0.5) is 8.78 Å². The molecule has 4 atom stereocenters. The number of halogens is 2. The molecule has 0 radical (unpaired) electrons. The number of fused-ring (bicyclic) bond motifs is 1.